The van der Waals surface area contributed by atoms with E-state index >= 15 is 0 Å². The summed E-state index contributed by atoms with van der Waals surface area (Å²) in [7, 11) is 0. The first-order valence-electron chi connectivity index (χ1n) is 32.0. The minimum Gasteiger partial charge on any atom is -0.489 e. The van der Waals surface area contributed by atoms with Crippen molar-refractivity contribution in [3.05, 3.63) is 403 Å². The molecule has 0 aliphatic heterocycles. The van der Waals surface area contributed by atoms with Crippen molar-refractivity contribution in [2.75, 3.05) is 20.4 Å². The molecule has 0 spiro atoms. The average Bonchev–Trinajstić information content (AvgIpc) is 0.851. The fourth-order valence-electron chi connectivity index (χ4n) is 10.5. The summed E-state index contributed by atoms with van der Waals surface area (Å²) in [6, 6.07) is 128. The van der Waals surface area contributed by atoms with E-state index in [1.165, 1.54) is 5.56 Å². The van der Waals surface area contributed by atoms with Gasteiger partial charge in [-0.25, -0.2) is 0 Å². The highest BCUT2D eigenvalue weighted by atomic mass is 79.9. The zero-order chi connectivity index (χ0) is 65.9. The van der Waals surface area contributed by atoms with Gasteiger partial charge in [0.1, 0.15) is 60.1 Å². The Balaban J connectivity index is 0.000000174. The number of nitrogens with one attached hydrogen (secondary N) is 2. The van der Waals surface area contributed by atoms with Gasteiger partial charge in [0, 0.05) is 85.6 Å². The molecule has 14 rings (SSSR count). The maximum absolute atomic E-state index is 6.50. The lowest BCUT2D eigenvalue weighted by molar-refractivity contribution is 0.306. The van der Waals surface area contributed by atoms with Gasteiger partial charge in [-0.2, -0.15) is 0 Å². The molecule has 0 amide bonds. The molecule has 97 heavy (non-hydrogen) atoms. The van der Waals surface area contributed by atoms with E-state index in [-0.39, 0.29) is 0 Å². The van der Waals surface area contributed by atoms with Crippen LogP contribution in [0, 0.1) is 0 Å². The molecule has 9 nitrogen and oxygen atoms in total. The molecule has 2 N–H and O–H groups in total. The minimum absolute atomic E-state index is 0.496. The lowest BCUT2D eigenvalue weighted by Gasteiger charge is -2.26. The van der Waals surface area contributed by atoms with Crippen LogP contribution in [0.5, 0.6) is 40.2 Å². The van der Waals surface area contributed by atoms with Crippen molar-refractivity contribution in [3.8, 4) is 40.2 Å². The molecule has 0 atom stereocenters. The minimum atomic E-state index is 0.496. The van der Waals surface area contributed by atoms with Crippen molar-refractivity contribution in [2.45, 2.75) is 19.8 Å². The van der Waals surface area contributed by atoms with E-state index < -0.39 is 0 Å². The first-order valence-corrected chi connectivity index (χ1v) is 32.8. The van der Waals surface area contributed by atoms with Crippen LogP contribution in [-0.4, -0.2) is 0 Å². The Morgan fingerprint density at radius 2 is 0.505 bits per heavy atom. The standard InChI is InChI=1S/C50H40N2O3.C24H20N2O.C13H11BrO/c1-5-16-39(17-6-1)37-53-48-27-13-24-44(34-48)51(41-20-9-3-10-21-41)43-30-32-47(33-31-43)55-50-29-15-26-46(36-50)52(42-22-11-4-12-23-42)45-25-14-28-49(35-45)54-38-40-18-7-2-8-19-40;1-3-8-19(9-4-1)25-21-14-16-23(17-15-21)27-24-13-7-12-22(18-24)26-20-10-5-2-6-11-20;14-12-7-4-8-13(9-12)15-10-11-5-2-1-3-6-11/h1-36H,37-38H2;1-18,25-26H;1-9H,10H2. The summed E-state index contributed by atoms with van der Waals surface area (Å²) in [6.07, 6.45) is 0. The Hall–Kier alpha value is -12.2. The number of anilines is 10. The molecular formula is C87H71BrN4O5. The summed E-state index contributed by atoms with van der Waals surface area (Å²) in [5.41, 5.74) is 13.5. The lowest BCUT2D eigenvalue weighted by atomic mass is 10.1. The molecule has 0 saturated heterocycles. The largest absolute Gasteiger partial charge is 0.489 e. The fraction of sp³-hybridized carbons (Fsp3) is 0.0345. The van der Waals surface area contributed by atoms with E-state index in [4.69, 9.17) is 23.7 Å². The predicted molar refractivity (Wildman–Crippen MR) is 401 cm³/mol. The molecule has 0 aromatic heterocycles. The van der Waals surface area contributed by atoms with E-state index in [2.05, 4.69) is 158 Å². The molecule has 0 fully saturated rings. The van der Waals surface area contributed by atoms with Crippen LogP contribution in [0.1, 0.15) is 16.7 Å². The molecule has 14 aromatic rings. The Morgan fingerprint density at radius 1 is 0.216 bits per heavy atom. The van der Waals surface area contributed by atoms with E-state index in [1.54, 1.807) is 0 Å². The molecule has 476 valence electrons. The van der Waals surface area contributed by atoms with E-state index in [0.717, 1.165) is 113 Å². The van der Waals surface area contributed by atoms with E-state index in [0.29, 0.717) is 19.8 Å². The number of halogens is 1. The van der Waals surface area contributed by atoms with Crippen LogP contribution in [0.4, 0.5) is 56.9 Å². The molecule has 0 radical (unpaired) electrons. The second-order valence-electron chi connectivity index (χ2n) is 22.3. The van der Waals surface area contributed by atoms with E-state index in [9.17, 15) is 0 Å². The van der Waals surface area contributed by atoms with Crippen LogP contribution in [0.3, 0.4) is 0 Å². The summed E-state index contributed by atoms with van der Waals surface area (Å²) in [5, 5.41) is 6.74. The summed E-state index contributed by atoms with van der Waals surface area (Å²) in [6.45, 7) is 1.61. The van der Waals surface area contributed by atoms with Gasteiger partial charge >= 0.3 is 0 Å². The van der Waals surface area contributed by atoms with Crippen molar-refractivity contribution in [1.82, 2.24) is 0 Å². The maximum Gasteiger partial charge on any atom is 0.129 e. The highest BCUT2D eigenvalue weighted by molar-refractivity contribution is 9.10. The first kappa shape index (κ1) is 64.8. The number of nitrogens with zero attached hydrogens (tertiary/aromatic N) is 2. The van der Waals surface area contributed by atoms with Crippen molar-refractivity contribution in [1.29, 1.82) is 0 Å². The summed E-state index contributed by atoms with van der Waals surface area (Å²) < 4.78 is 31.6. The monoisotopic (exact) mass is 1330 g/mol. The second-order valence-corrected chi connectivity index (χ2v) is 23.3. The van der Waals surface area contributed by atoms with Crippen LogP contribution in [-0.2, 0) is 19.8 Å². The number of para-hydroxylation sites is 4. The van der Waals surface area contributed by atoms with Crippen molar-refractivity contribution < 1.29 is 23.7 Å². The fourth-order valence-corrected chi connectivity index (χ4v) is 10.9. The SMILES string of the molecule is Brc1cccc(OCc2ccccc2)c1.c1ccc(COc2cccc(N(c3ccccc3)c3ccc(Oc4cccc(N(c5ccccc5)c5cccc(OCc6ccccc6)c5)c4)cc3)c2)cc1.c1ccc(Nc2ccc(Oc3cccc(Nc4ccccc4)c3)cc2)cc1. The summed E-state index contributed by atoms with van der Waals surface area (Å²) in [5.74, 6) is 5.53. The number of ether oxygens (including phenoxy) is 5. The molecule has 14 aromatic carbocycles. The molecule has 0 unspecified atom stereocenters. The van der Waals surface area contributed by atoms with Crippen LogP contribution in [0.2, 0.25) is 0 Å². The van der Waals surface area contributed by atoms with Gasteiger partial charge < -0.3 is 44.1 Å². The zero-order valence-electron chi connectivity index (χ0n) is 53.3. The Labute approximate surface area is 576 Å². The molecule has 0 bridgehead atoms. The van der Waals surface area contributed by atoms with Crippen LogP contribution in [0.25, 0.3) is 0 Å². The van der Waals surface area contributed by atoms with Gasteiger partial charge in [-0.3, -0.25) is 0 Å². The Bertz CT molecular complexity index is 4640. The van der Waals surface area contributed by atoms with Gasteiger partial charge in [0.05, 0.1) is 0 Å². The van der Waals surface area contributed by atoms with Gasteiger partial charge in [0.15, 0.2) is 0 Å². The third-order valence-electron chi connectivity index (χ3n) is 15.2. The zero-order valence-corrected chi connectivity index (χ0v) is 54.9. The number of hydrogen-bond acceptors (Lipinski definition) is 9. The highest BCUT2D eigenvalue weighted by Crippen LogP contribution is 2.41. The van der Waals surface area contributed by atoms with Gasteiger partial charge in [0.25, 0.3) is 0 Å². The molecular weight excluding hydrogens is 1260 g/mol. The van der Waals surface area contributed by atoms with Gasteiger partial charge in [-0.05, 0) is 180 Å². The second kappa shape index (κ2) is 34.1. The smallest absolute Gasteiger partial charge is 0.129 e. The Morgan fingerprint density at radius 3 is 0.938 bits per heavy atom. The van der Waals surface area contributed by atoms with Crippen molar-refractivity contribution in [2.24, 2.45) is 0 Å². The van der Waals surface area contributed by atoms with Crippen molar-refractivity contribution in [3.63, 3.8) is 0 Å². The van der Waals surface area contributed by atoms with Gasteiger partial charge in [0.2, 0.25) is 0 Å². The quantitative estimate of drug-likeness (QED) is 0.0651. The third-order valence-corrected chi connectivity index (χ3v) is 15.7. The van der Waals surface area contributed by atoms with Crippen LogP contribution in [0.15, 0.2) is 387 Å². The Kier molecular flexibility index (Phi) is 22.8. The van der Waals surface area contributed by atoms with E-state index in [1.807, 2.05) is 261 Å². The number of hydrogen-bond donors (Lipinski definition) is 2. The summed E-state index contributed by atoms with van der Waals surface area (Å²) >= 11 is 3.41. The highest BCUT2D eigenvalue weighted by Gasteiger charge is 2.17. The average molecular weight is 1330 g/mol. The summed E-state index contributed by atoms with van der Waals surface area (Å²) in [4.78, 5) is 4.43. The molecule has 0 aliphatic rings. The van der Waals surface area contributed by atoms with Gasteiger partial charge in [-0.15, -0.1) is 0 Å². The lowest BCUT2D eigenvalue weighted by Crippen LogP contribution is -2.10. The number of rotatable bonds is 23. The number of benzene rings is 14. The first-order chi connectivity index (χ1) is 47.9. The molecule has 0 aliphatic carbocycles. The van der Waals surface area contributed by atoms with Crippen molar-refractivity contribution >= 4 is 72.8 Å². The van der Waals surface area contributed by atoms with Crippen LogP contribution >= 0.6 is 15.9 Å². The topological polar surface area (TPSA) is 76.7 Å². The van der Waals surface area contributed by atoms with Gasteiger partial charge in [-0.1, -0.05) is 210 Å². The molecule has 10 heteroatoms. The molecule has 0 heterocycles. The maximum atomic E-state index is 6.50. The molecule has 0 saturated carbocycles. The normalized spacial score (nSPS) is 10.4. The third kappa shape index (κ3) is 19.7. The predicted octanol–water partition coefficient (Wildman–Crippen LogP) is 24.6. The van der Waals surface area contributed by atoms with Crippen LogP contribution < -0.4 is 44.1 Å².